The lowest BCUT2D eigenvalue weighted by molar-refractivity contribution is 0.317. The van der Waals surface area contributed by atoms with Crippen molar-refractivity contribution in [2.24, 2.45) is 0 Å². The number of benzene rings is 6. The highest BCUT2D eigenvalue weighted by Gasteiger charge is 2.49. The van der Waals surface area contributed by atoms with Crippen molar-refractivity contribution in [2.75, 3.05) is 0 Å². The van der Waals surface area contributed by atoms with Crippen LogP contribution in [0.4, 0.5) is 0 Å². The fourth-order valence-electron chi connectivity index (χ4n) is 10.9. The molecule has 0 bridgehead atoms. The molecule has 3 heterocycles. The van der Waals surface area contributed by atoms with Crippen molar-refractivity contribution in [2.45, 2.75) is 94.3 Å². The molecule has 2 fully saturated rings. The van der Waals surface area contributed by atoms with Gasteiger partial charge in [0.25, 0.3) is 0 Å². The zero-order chi connectivity index (χ0) is 37.5. The van der Waals surface area contributed by atoms with Gasteiger partial charge in [0.2, 0.25) is 0 Å². The van der Waals surface area contributed by atoms with Crippen LogP contribution in [0.15, 0.2) is 133 Å². The molecule has 1 aliphatic heterocycles. The molecule has 56 heavy (non-hydrogen) atoms. The molecule has 0 saturated heterocycles. The number of aromatic nitrogens is 2. The molecule has 0 atom stereocenters. The predicted octanol–water partition coefficient (Wildman–Crippen LogP) is 14.0. The Balaban J connectivity index is 1.29. The maximum Gasteiger partial charge on any atom is 0.132 e. The van der Waals surface area contributed by atoms with E-state index < -0.39 is 5.41 Å². The lowest BCUT2D eigenvalue weighted by atomic mass is 9.63. The highest BCUT2D eigenvalue weighted by Crippen LogP contribution is 2.57. The van der Waals surface area contributed by atoms with Gasteiger partial charge in [-0.1, -0.05) is 149 Å². The molecule has 0 N–H and O–H groups in total. The standard InChI is InChI=1S/C53H48N2O/c1-51(29-9-3-10-30-51)39-23-25-45-43(33-39)53(44-34-40(24-26-46(44)56-45)52(2)31-11-4-12-32-52,47-27-21-37-19-17-35-13-5-7-15-41(35)49(37)54-47)48-28-22-38-20-18-36-14-6-8-16-42(36)50(38)55-48/h5-8,13-28,33-34H,3-4,9-12,29-32H2,1-2H3. The first-order chi connectivity index (χ1) is 27.4. The molecule has 3 nitrogen and oxygen atoms in total. The van der Waals surface area contributed by atoms with Gasteiger partial charge in [-0.05, 0) is 94.8 Å². The molecular formula is C53H48N2O. The quantitative estimate of drug-likeness (QED) is 0.169. The number of pyridine rings is 2. The minimum atomic E-state index is -0.860. The zero-order valence-corrected chi connectivity index (χ0v) is 32.6. The largest absolute Gasteiger partial charge is 0.457 e. The number of rotatable bonds is 4. The van der Waals surface area contributed by atoms with Gasteiger partial charge in [-0.25, -0.2) is 0 Å². The van der Waals surface area contributed by atoms with E-state index in [0.29, 0.717) is 0 Å². The summed E-state index contributed by atoms with van der Waals surface area (Å²) in [6, 6.07) is 49.6. The number of hydrogen-bond donors (Lipinski definition) is 0. The van der Waals surface area contributed by atoms with Gasteiger partial charge in [-0.15, -0.1) is 0 Å². The van der Waals surface area contributed by atoms with Gasteiger partial charge in [-0.3, -0.25) is 9.97 Å². The Kier molecular flexibility index (Phi) is 7.69. The molecule has 0 amide bonds. The van der Waals surface area contributed by atoms with E-state index >= 15 is 0 Å². The monoisotopic (exact) mass is 728 g/mol. The van der Waals surface area contributed by atoms with Crippen LogP contribution in [-0.4, -0.2) is 9.97 Å². The Bertz CT molecular complexity index is 2640. The summed E-state index contributed by atoms with van der Waals surface area (Å²) in [5.41, 5.74) is 8.39. The Morgan fingerprint density at radius 2 is 0.839 bits per heavy atom. The molecule has 0 unspecified atom stereocenters. The highest BCUT2D eigenvalue weighted by atomic mass is 16.5. The minimum absolute atomic E-state index is 0.0940. The van der Waals surface area contributed by atoms with Gasteiger partial charge in [0.15, 0.2) is 0 Å². The van der Waals surface area contributed by atoms with Gasteiger partial charge in [0.05, 0.1) is 22.4 Å². The minimum Gasteiger partial charge on any atom is -0.457 e. The van der Waals surface area contributed by atoms with Crippen LogP contribution < -0.4 is 4.74 Å². The Labute approximate surface area is 329 Å². The average Bonchev–Trinajstić information content (AvgIpc) is 3.25. The molecule has 2 aromatic heterocycles. The number of fused-ring (bicyclic) bond motifs is 8. The summed E-state index contributed by atoms with van der Waals surface area (Å²) in [7, 11) is 0. The Hall–Kier alpha value is -5.54. The van der Waals surface area contributed by atoms with Gasteiger partial charge in [0, 0.05) is 32.7 Å². The number of hydrogen-bond acceptors (Lipinski definition) is 3. The van der Waals surface area contributed by atoms with Crippen LogP contribution in [-0.2, 0) is 16.2 Å². The Morgan fingerprint density at radius 1 is 0.429 bits per heavy atom. The van der Waals surface area contributed by atoms with Gasteiger partial charge in [0.1, 0.15) is 16.9 Å². The van der Waals surface area contributed by atoms with E-state index in [-0.39, 0.29) is 10.8 Å². The third-order valence-electron chi connectivity index (χ3n) is 14.2. The van der Waals surface area contributed by atoms with E-state index in [4.69, 9.17) is 14.7 Å². The topological polar surface area (TPSA) is 35.0 Å². The average molecular weight is 729 g/mol. The molecule has 276 valence electrons. The first-order valence-corrected chi connectivity index (χ1v) is 21.0. The van der Waals surface area contributed by atoms with Crippen molar-refractivity contribution in [1.29, 1.82) is 0 Å². The summed E-state index contributed by atoms with van der Waals surface area (Å²) in [6.45, 7) is 4.96. The van der Waals surface area contributed by atoms with Crippen LogP contribution in [0, 0.1) is 0 Å². The molecule has 2 saturated carbocycles. The molecular weight excluding hydrogens is 681 g/mol. The fraction of sp³-hybridized carbons (Fsp3) is 0.283. The molecule has 2 aliphatic carbocycles. The highest BCUT2D eigenvalue weighted by molar-refractivity contribution is 6.06. The molecule has 8 aromatic rings. The van der Waals surface area contributed by atoms with Crippen LogP contribution in [0.3, 0.4) is 0 Å². The van der Waals surface area contributed by atoms with Crippen molar-refractivity contribution in [3.63, 3.8) is 0 Å². The molecule has 0 spiro atoms. The summed E-state index contributed by atoms with van der Waals surface area (Å²) >= 11 is 0. The molecule has 3 aliphatic rings. The van der Waals surface area contributed by atoms with Crippen molar-refractivity contribution in [3.05, 3.63) is 167 Å². The second-order valence-electron chi connectivity index (χ2n) is 17.6. The van der Waals surface area contributed by atoms with Gasteiger partial charge in [-0.2, -0.15) is 0 Å². The number of ether oxygens (including phenoxy) is 1. The van der Waals surface area contributed by atoms with Crippen LogP contribution in [0.5, 0.6) is 11.5 Å². The number of nitrogens with zero attached hydrogens (tertiary/aromatic N) is 2. The first-order valence-electron chi connectivity index (χ1n) is 21.0. The van der Waals surface area contributed by atoms with Crippen LogP contribution in [0.25, 0.3) is 43.4 Å². The SMILES string of the molecule is CC1(c2ccc3c(c2)C(c2ccc4ccc5ccccc5c4n2)(c2ccc4ccc5ccccc5c4n2)c2cc(C4(C)CCCCC4)ccc2O3)CCCCC1. The van der Waals surface area contributed by atoms with Gasteiger partial charge < -0.3 is 4.74 Å². The van der Waals surface area contributed by atoms with Crippen LogP contribution >= 0.6 is 0 Å². The van der Waals surface area contributed by atoms with E-state index in [1.807, 2.05) is 0 Å². The summed E-state index contributed by atoms with van der Waals surface area (Å²) in [5, 5.41) is 7.00. The fourth-order valence-corrected chi connectivity index (χ4v) is 10.9. The van der Waals surface area contributed by atoms with E-state index in [0.717, 1.165) is 55.8 Å². The summed E-state index contributed by atoms with van der Waals surface area (Å²) < 4.78 is 7.09. The third-order valence-corrected chi connectivity index (χ3v) is 14.2. The van der Waals surface area contributed by atoms with Gasteiger partial charge >= 0.3 is 0 Å². The normalized spacial score (nSPS) is 18.4. The Morgan fingerprint density at radius 3 is 1.30 bits per heavy atom. The predicted molar refractivity (Wildman–Crippen MR) is 231 cm³/mol. The maximum atomic E-state index is 7.09. The van der Waals surface area contributed by atoms with Crippen LogP contribution in [0.2, 0.25) is 0 Å². The summed E-state index contributed by atoms with van der Waals surface area (Å²) in [5.74, 6) is 1.77. The molecule has 3 heteroatoms. The van der Waals surface area contributed by atoms with Crippen molar-refractivity contribution in [1.82, 2.24) is 9.97 Å². The summed E-state index contributed by atoms with van der Waals surface area (Å²) in [6.07, 6.45) is 12.4. The third kappa shape index (κ3) is 5.09. The lowest BCUT2D eigenvalue weighted by Gasteiger charge is -2.43. The maximum absolute atomic E-state index is 7.09. The molecule has 11 rings (SSSR count). The summed E-state index contributed by atoms with van der Waals surface area (Å²) in [4.78, 5) is 11.7. The van der Waals surface area contributed by atoms with E-state index in [9.17, 15) is 0 Å². The second-order valence-corrected chi connectivity index (χ2v) is 17.6. The first kappa shape index (κ1) is 33.8. The van der Waals surface area contributed by atoms with E-state index in [2.05, 4.69) is 147 Å². The molecule has 0 radical (unpaired) electrons. The smallest absolute Gasteiger partial charge is 0.132 e. The van der Waals surface area contributed by atoms with E-state index in [1.165, 1.54) is 96.9 Å². The zero-order valence-electron chi connectivity index (χ0n) is 32.6. The lowest BCUT2D eigenvalue weighted by Crippen LogP contribution is -2.37. The van der Waals surface area contributed by atoms with Crippen molar-refractivity contribution < 1.29 is 4.74 Å². The second kappa shape index (κ2) is 12.7. The molecule has 6 aromatic carbocycles. The van der Waals surface area contributed by atoms with Crippen molar-refractivity contribution >= 4 is 43.4 Å². The van der Waals surface area contributed by atoms with Crippen molar-refractivity contribution in [3.8, 4) is 11.5 Å². The van der Waals surface area contributed by atoms with E-state index in [1.54, 1.807) is 0 Å². The van der Waals surface area contributed by atoms with Crippen LogP contribution in [0.1, 0.15) is 112 Å².